The first-order valence-corrected chi connectivity index (χ1v) is 7.28. The topological polar surface area (TPSA) is 20.3 Å². The van der Waals surface area contributed by atoms with Gasteiger partial charge < -0.3 is 0 Å². The lowest BCUT2D eigenvalue weighted by atomic mass is 9.79. The second-order valence-electron chi connectivity index (χ2n) is 6.49. The molecule has 2 atom stereocenters. The molecular weight excluding hydrogens is 234 g/mol. The SMILES string of the molecule is CCN1CCC(c2ccccc2)C1C(=O)C(C)(C)C. The van der Waals surface area contributed by atoms with Gasteiger partial charge >= 0.3 is 0 Å². The lowest BCUT2D eigenvalue weighted by Crippen LogP contribution is -2.44. The van der Waals surface area contributed by atoms with Gasteiger partial charge in [-0.25, -0.2) is 0 Å². The van der Waals surface area contributed by atoms with Crippen LogP contribution >= 0.6 is 0 Å². The van der Waals surface area contributed by atoms with Crippen LogP contribution in [0.3, 0.4) is 0 Å². The molecule has 0 aromatic heterocycles. The number of Topliss-reactive ketones (excluding diaryl/α,β-unsaturated/α-hetero) is 1. The van der Waals surface area contributed by atoms with E-state index in [4.69, 9.17) is 0 Å². The number of benzene rings is 1. The van der Waals surface area contributed by atoms with Crippen LogP contribution in [0.25, 0.3) is 0 Å². The summed E-state index contributed by atoms with van der Waals surface area (Å²) in [5.41, 5.74) is 1.04. The first-order chi connectivity index (χ1) is 8.95. The van der Waals surface area contributed by atoms with Crippen molar-refractivity contribution in [1.29, 1.82) is 0 Å². The van der Waals surface area contributed by atoms with Crippen LogP contribution in [0.1, 0.15) is 45.6 Å². The van der Waals surface area contributed by atoms with Gasteiger partial charge in [0, 0.05) is 11.3 Å². The molecule has 0 radical (unpaired) electrons. The largest absolute Gasteiger partial charge is 0.297 e. The zero-order chi connectivity index (χ0) is 14.0. The van der Waals surface area contributed by atoms with Gasteiger partial charge in [-0.1, -0.05) is 58.0 Å². The van der Waals surface area contributed by atoms with Gasteiger partial charge in [0.05, 0.1) is 6.04 Å². The summed E-state index contributed by atoms with van der Waals surface area (Å²) in [5.74, 6) is 0.730. The molecule has 2 nitrogen and oxygen atoms in total. The number of hydrogen-bond donors (Lipinski definition) is 0. The van der Waals surface area contributed by atoms with Crippen LogP contribution in [0.2, 0.25) is 0 Å². The fraction of sp³-hybridized carbons (Fsp3) is 0.588. The van der Waals surface area contributed by atoms with Gasteiger partial charge in [0.25, 0.3) is 0 Å². The van der Waals surface area contributed by atoms with Crippen molar-refractivity contribution in [2.75, 3.05) is 13.1 Å². The monoisotopic (exact) mass is 259 g/mol. The minimum atomic E-state index is -0.268. The van der Waals surface area contributed by atoms with Gasteiger partial charge in [0.1, 0.15) is 0 Å². The summed E-state index contributed by atoms with van der Waals surface area (Å²) in [6, 6.07) is 10.5. The van der Waals surface area contributed by atoms with E-state index in [0.29, 0.717) is 11.7 Å². The van der Waals surface area contributed by atoms with Crippen molar-refractivity contribution < 1.29 is 4.79 Å². The summed E-state index contributed by atoms with van der Waals surface area (Å²) in [5, 5.41) is 0. The number of carbonyl (C=O) groups excluding carboxylic acids is 1. The van der Waals surface area contributed by atoms with E-state index >= 15 is 0 Å². The number of likely N-dealkylation sites (N-methyl/N-ethyl adjacent to an activating group) is 1. The van der Waals surface area contributed by atoms with Crippen molar-refractivity contribution in [2.45, 2.75) is 46.1 Å². The maximum Gasteiger partial charge on any atom is 0.155 e. The third kappa shape index (κ3) is 2.89. The third-order valence-electron chi connectivity index (χ3n) is 4.14. The second kappa shape index (κ2) is 5.46. The zero-order valence-electron chi connectivity index (χ0n) is 12.5. The number of nitrogens with zero attached hydrogens (tertiary/aromatic N) is 1. The predicted molar refractivity (Wildman–Crippen MR) is 79.3 cm³/mol. The second-order valence-corrected chi connectivity index (χ2v) is 6.49. The number of carbonyl (C=O) groups is 1. The maximum atomic E-state index is 12.8. The summed E-state index contributed by atoms with van der Waals surface area (Å²) in [6.45, 7) is 10.2. The smallest absolute Gasteiger partial charge is 0.155 e. The maximum absolute atomic E-state index is 12.8. The van der Waals surface area contributed by atoms with Gasteiger partial charge in [-0.2, -0.15) is 0 Å². The van der Waals surface area contributed by atoms with Gasteiger partial charge in [0.2, 0.25) is 0 Å². The molecule has 104 valence electrons. The molecule has 2 rings (SSSR count). The quantitative estimate of drug-likeness (QED) is 0.828. The van der Waals surface area contributed by atoms with Crippen molar-refractivity contribution in [3.63, 3.8) is 0 Å². The molecule has 19 heavy (non-hydrogen) atoms. The summed E-state index contributed by atoms with van der Waals surface area (Å²) < 4.78 is 0. The first kappa shape index (κ1) is 14.3. The molecule has 0 aliphatic carbocycles. The molecule has 1 aromatic rings. The van der Waals surface area contributed by atoms with Crippen LogP contribution in [0.15, 0.2) is 30.3 Å². The number of ketones is 1. The van der Waals surface area contributed by atoms with E-state index in [1.165, 1.54) is 5.56 Å². The molecule has 1 fully saturated rings. The molecule has 0 saturated carbocycles. The Labute approximate surface area is 116 Å². The van der Waals surface area contributed by atoms with Crippen molar-refractivity contribution in [3.05, 3.63) is 35.9 Å². The Morgan fingerprint density at radius 1 is 1.26 bits per heavy atom. The van der Waals surface area contributed by atoms with Crippen LogP contribution in [0.5, 0.6) is 0 Å². The van der Waals surface area contributed by atoms with Crippen molar-refractivity contribution >= 4 is 5.78 Å². The van der Waals surface area contributed by atoms with Crippen LogP contribution in [0.4, 0.5) is 0 Å². The third-order valence-corrected chi connectivity index (χ3v) is 4.14. The van der Waals surface area contributed by atoms with Crippen LogP contribution in [-0.4, -0.2) is 29.8 Å². The fourth-order valence-electron chi connectivity index (χ4n) is 3.05. The van der Waals surface area contributed by atoms with E-state index < -0.39 is 0 Å². The number of rotatable bonds is 3. The van der Waals surface area contributed by atoms with Gasteiger partial charge in [-0.05, 0) is 25.1 Å². The normalized spacial score (nSPS) is 24.6. The van der Waals surface area contributed by atoms with E-state index in [2.05, 4.69) is 36.1 Å². The molecule has 0 bridgehead atoms. The van der Waals surface area contributed by atoms with Crippen molar-refractivity contribution in [1.82, 2.24) is 4.90 Å². The average Bonchev–Trinajstić information content (AvgIpc) is 2.81. The zero-order valence-corrected chi connectivity index (χ0v) is 12.5. The fourth-order valence-corrected chi connectivity index (χ4v) is 3.05. The van der Waals surface area contributed by atoms with Crippen LogP contribution in [0, 0.1) is 5.41 Å². The van der Waals surface area contributed by atoms with E-state index in [0.717, 1.165) is 19.5 Å². The summed E-state index contributed by atoms with van der Waals surface area (Å²) in [7, 11) is 0. The van der Waals surface area contributed by atoms with E-state index in [9.17, 15) is 4.79 Å². The Balaban J connectivity index is 2.31. The molecule has 0 N–H and O–H groups in total. The summed E-state index contributed by atoms with van der Waals surface area (Å²) in [6.07, 6.45) is 1.09. The number of hydrogen-bond acceptors (Lipinski definition) is 2. The molecule has 1 aliphatic rings. The molecule has 2 unspecified atom stereocenters. The van der Waals surface area contributed by atoms with E-state index in [1.54, 1.807) is 0 Å². The molecular formula is C17H25NO. The number of likely N-dealkylation sites (tertiary alicyclic amines) is 1. The highest BCUT2D eigenvalue weighted by Crippen LogP contribution is 2.37. The Bertz CT molecular complexity index is 432. The lowest BCUT2D eigenvalue weighted by Gasteiger charge is -2.31. The standard InChI is InChI=1S/C17H25NO/c1-5-18-12-11-14(13-9-7-6-8-10-13)15(18)16(19)17(2,3)4/h6-10,14-15H,5,11-12H2,1-4H3. The highest BCUT2D eigenvalue weighted by atomic mass is 16.1. The van der Waals surface area contributed by atoms with Gasteiger partial charge in [0.15, 0.2) is 5.78 Å². The predicted octanol–water partition coefficient (Wildman–Crippen LogP) is 3.48. The van der Waals surface area contributed by atoms with Crippen LogP contribution < -0.4 is 0 Å². The Hall–Kier alpha value is -1.15. The van der Waals surface area contributed by atoms with Crippen LogP contribution in [-0.2, 0) is 4.79 Å². The van der Waals surface area contributed by atoms with Crippen molar-refractivity contribution in [2.24, 2.45) is 5.41 Å². The Morgan fingerprint density at radius 3 is 2.42 bits per heavy atom. The van der Waals surface area contributed by atoms with E-state index in [1.807, 2.05) is 26.8 Å². The molecule has 1 aliphatic heterocycles. The highest BCUT2D eigenvalue weighted by molar-refractivity contribution is 5.90. The average molecular weight is 259 g/mol. The molecule has 2 heteroatoms. The summed E-state index contributed by atoms with van der Waals surface area (Å²) >= 11 is 0. The van der Waals surface area contributed by atoms with Crippen molar-refractivity contribution in [3.8, 4) is 0 Å². The van der Waals surface area contributed by atoms with E-state index in [-0.39, 0.29) is 11.5 Å². The molecule has 1 heterocycles. The van der Waals surface area contributed by atoms with Gasteiger partial charge in [-0.15, -0.1) is 0 Å². The highest BCUT2D eigenvalue weighted by Gasteiger charge is 2.42. The molecule has 1 aromatic carbocycles. The Morgan fingerprint density at radius 2 is 1.89 bits per heavy atom. The minimum Gasteiger partial charge on any atom is -0.297 e. The minimum absolute atomic E-state index is 0.0485. The Kier molecular flexibility index (Phi) is 4.10. The molecule has 1 saturated heterocycles. The van der Waals surface area contributed by atoms with Gasteiger partial charge in [-0.3, -0.25) is 9.69 Å². The molecule has 0 amide bonds. The summed E-state index contributed by atoms with van der Waals surface area (Å²) in [4.78, 5) is 15.1. The molecule has 0 spiro atoms. The lowest BCUT2D eigenvalue weighted by molar-refractivity contribution is -0.131. The first-order valence-electron chi connectivity index (χ1n) is 7.28.